The molecule has 2 aromatic rings. The Balaban J connectivity index is 2.09. The maximum atomic E-state index is 9.60. The predicted octanol–water partition coefficient (Wildman–Crippen LogP) is 4.61. The van der Waals surface area contributed by atoms with Crippen LogP contribution in [0.15, 0.2) is 57.5 Å². The predicted molar refractivity (Wildman–Crippen MR) is 86.3 cm³/mol. The van der Waals surface area contributed by atoms with Crippen LogP contribution in [0.1, 0.15) is 11.1 Å². The maximum Gasteiger partial charge on any atom is 0.0465 e. The molecule has 0 amide bonds. The highest BCUT2D eigenvalue weighted by Crippen LogP contribution is 2.24. The van der Waals surface area contributed by atoms with Crippen molar-refractivity contribution < 1.29 is 5.11 Å². The van der Waals surface area contributed by atoms with Gasteiger partial charge in [0.1, 0.15) is 0 Å². The molecule has 1 N–H and O–H groups in total. The van der Waals surface area contributed by atoms with Gasteiger partial charge < -0.3 is 5.11 Å². The molecule has 3 heteroatoms. The molecule has 0 atom stereocenters. The third-order valence-corrected chi connectivity index (χ3v) is 4.74. The van der Waals surface area contributed by atoms with Gasteiger partial charge >= 0.3 is 0 Å². The molecule has 0 bridgehead atoms. The molecule has 0 saturated heterocycles. The number of aliphatic hydroxyl groups excluding tert-OH is 1. The summed E-state index contributed by atoms with van der Waals surface area (Å²) in [4.78, 5) is 0. The van der Waals surface area contributed by atoms with Crippen LogP contribution in [0.25, 0.3) is 0 Å². The van der Waals surface area contributed by atoms with Gasteiger partial charge in [-0.2, -0.15) is 0 Å². The Bertz CT molecular complexity index is 492. The molecule has 0 spiro atoms. The fourth-order valence-electron chi connectivity index (χ4n) is 2.15. The smallest absolute Gasteiger partial charge is 0.0465 e. The van der Waals surface area contributed by atoms with Crippen molar-refractivity contribution >= 4 is 31.9 Å². The summed E-state index contributed by atoms with van der Waals surface area (Å²) < 4.78 is 2.22. The molecule has 0 aliphatic rings. The first-order chi connectivity index (χ1) is 9.20. The van der Waals surface area contributed by atoms with Crippen LogP contribution in [-0.2, 0) is 12.8 Å². The molecule has 0 heterocycles. The van der Waals surface area contributed by atoms with Crippen molar-refractivity contribution in [3.05, 3.63) is 68.6 Å². The van der Waals surface area contributed by atoms with E-state index in [0.717, 1.165) is 21.8 Å². The molecule has 1 nitrogen and oxygen atoms in total. The number of hydrogen-bond acceptors (Lipinski definition) is 1. The monoisotopic (exact) mass is 382 g/mol. The number of halogens is 2. The van der Waals surface area contributed by atoms with E-state index in [4.69, 9.17) is 0 Å². The number of hydrogen-bond donors (Lipinski definition) is 1. The van der Waals surface area contributed by atoms with Gasteiger partial charge in [-0.15, -0.1) is 0 Å². The van der Waals surface area contributed by atoms with Crippen LogP contribution >= 0.6 is 31.9 Å². The molecular formula is C16H16Br2O. The highest BCUT2D eigenvalue weighted by atomic mass is 79.9. The summed E-state index contributed by atoms with van der Waals surface area (Å²) in [6.45, 7) is 0.197. The van der Waals surface area contributed by atoms with Crippen molar-refractivity contribution in [1.29, 1.82) is 0 Å². The van der Waals surface area contributed by atoms with Gasteiger partial charge in [0, 0.05) is 15.6 Å². The Kier molecular flexibility index (Phi) is 5.61. The van der Waals surface area contributed by atoms with Crippen molar-refractivity contribution in [3.63, 3.8) is 0 Å². The van der Waals surface area contributed by atoms with Crippen LogP contribution in [0, 0.1) is 5.92 Å². The number of rotatable bonds is 5. The van der Waals surface area contributed by atoms with Gasteiger partial charge in [-0.1, -0.05) is 68.3 Å². The Morgan fingerprint density at radius 3 is 1.58 bits per heavy atom. The van der Waals surface area contributed by atoms with Crippen LogP contribution in [0.4, 0.5) is 0 Å². The minimum absolute atomic E-state index is 0.197. The zero-order valence-corrected chi connectivity index (χ0v) is 13.7. The summed E-state index contributed by atoms with van der Waals surface area (Å²) in [5.41, 5.74) is 2.49. The molecule has 2 aromatic carbocycles. The summed E-state index contributed by atoms with van der Waals surface area (Å²) >= 11 is 7.13. The van der Waals surface area contributed by atoms with E-state index in [1.807, 2.05) is 36.4 Å². The SMILES string of the molecule is OCC(Cc1ccccc1Br)Cc1ccccc1Br. The van der Waals surface area contributed by atoms with E-state index in [1.54, 1.807) is 0 Å². The van der Waals surface area contributed by atoms with E-state index in [-0.39, 0.29) is 12.5 Å². The molecule has 19 heavy (non-hydrogen) atoms. The van der Waals surface area contributed by atoms with E-state index < -0.39 is 0 Å². The van der Waals surface area contributed by atoms with Gasteiger partial charge in [0.25, 0.3) is 0 Å². The largest absolute Gasteiger partial charge is 0.396 e. The highest BCUT2D eigenvalue weighted by Gasteiger charge is 2.12. The Labute approximate surface area is 130 Å². The molecule has 2 rings (SSSR count). The molecule has 0 fully saturated rings. The molecular weight excluding hydrogens is 368 g/mol. The van der Waals surface area contributed by atoms with Gasteiger partial charge in [-0.3, -0.25) is 0 Å². The van der Waals surface area contributed by atoms with Gasteiger partial charge in [0.2, 0.25) is 0 Å². The Morgan fingerprint density at radius 1 is 0.789 bits per heavy atom. The molecule has 0 saturated carbocycles. The van der Waals surface area contributed by atoms with Crippen molar-refractivity contribution in [2.24, 2.45) is 5.92 Å². The maximum absolute atomic E-state index is 9.60. The zero-order chi connectivity index (χ0) is 13.7. The fourth-order valence-corrected chi connectivity index (χ4v) is 3.04. The van der Waals surface area contributed by atoms with Gasteiger partial charge in [0.05, 0.1) is 0 Å². The summed E-state index contributed by atoms with van der Waals surface area (Å²) in [6, 6.07) is 16.4. The second-order valence-electron chi connectivity index (χ2n) is 4.64. The van der Waals surface area contributed by atoms with E-state index >= 15 is 0 Å². The highest BCUT2D eigenvalue weighted by molar-refractivity contribution is 9.10. The third kappa shape index (κ3) is 4.16. The summed E-state index contributed by atoms with van der Waals surface area (Å²) in [5, 5.41) is 9.60. The number of aliphatic hydroxyl groups is 1. The second kappa shape index (κ2) is 7.22. The number of benzene rings is 2. The first-order valence-electron chi connectivity index (χ1n) is 6.28. The third-order valence-electron chi connectivity index (χ3n) is 3.19. The van der Waals surface area contributed by atoms with Crippen LogP contribution in [-0.4, -0.2) is 11.7 Å². The van der Waals surface area contributed by atoms with Crippen LogP contribution in [0.3, 0.4) is 0 Å². The van der Waals surface area contributed by atoms with Crippen LogP contribution in [0.2, 0.25) is 0 Å². The van der Waals surface area contributed by atoms with Crippen molar-refractivity contribution in [1.82, 2.24) is 0 Å². The normalized spacial score (nSPS) is 10.9. The topological polar surface area (TPSA) is 20.2 Å². The standard InChI is InChI=1S/C16H16Br2O/c17-15-7-3-1-5-13(15)9-12(11-19)10-14-6-2-4-8-16(14)18/h1-8,12,19H,9-11H2. The lowest BCUT2D eigenvalue weighted by atomic mass is 9.93. The molecule has 100 valence electrons. The summed E-state index contributed by atoms with van der Waals surface area (Å²) in [6.07, 6.45) is 1.75. The van der Waals surface area contributed by atoms with Crippen molar-refractivity contribution in [2.45, 2.75) is 12.8 Å². The van der Waals surface area contributed by atoms with Gasteiger partial charge in [-0.25, -0.2) is 0 Å². The van der Waals surface area contributed by atoms with Crippen molar-refractivity contribution in [2.75, 3.05) is 6.61 Å². The first-order valence-corrected chi connectivity index (χ1v) is 7.87. The lowest BCUT2D eigenvalue weighted by molar-refractivity contribution is 0.224. The fraction of sp³-hybridized carbons (Fsp3) is 0.250. The second-order valence-corrected chi connectivity index (χ2v) is 6.35. The average Bonchev–Trinajstić information content (AvgIpc) is 2.42. The zero-order valence-electron chi connectivity index (χ0n) is 10.5. The molecule has 0 aliphatic carbocycles. The van der Waals surface area contributed by atoms with Crippen LogP contribution < -0.4 is 0 Å². The molecule has 0 aromatic heterocycles. The lowest BCUT2D eigenvalue weighted by Gasteiger charge is -2.16. The molecule has 0 unspecified atom stereocenters. The van der Waals surface area contributed by atoms with Gasteiger partial charge in [-0.05, 0) is 42.0 Å². The summed E-state index contributed by atoms with van der Waals surface area (Å²) in [7, 11) is 0. The Morgan fingerprint density at radius 2 is 1.21 bits per heavy atom. The van der Waals surface area contributed by atoms with E-state index in [0.29, 0.717) is 0 Å². The van der Waals surface area contributed by atoms with Gasteiger partial charge in [0.15, 0.2) is 0 Å². The van der Waals surface area contributed by atoms with Crippen LogP contribution in [0.5, 0.6) is 0 Å². The van der Waals surface area contributed by atoms with E-state index in [9.17, 15) is 5.11 Å². The lowest BCUT2D eigenvalue weighted by Crippen LogP contribution is -2.13. The summed E-state index contributed by atoms with van der Waals surface area (Å²) in [5.74, 6) is 0.234. The molecule has 0 radical (unpaired) electrons. The van der Waals surface area contributed by atoms with Crippen molar-refractivity contribution in [3.8, 4) is 0 Å². The minimum atomic E-state index is 0.197. The Hall–Kier alpha value is -0.640. The minimum Gasteiger partial charge on any atom is -0.396 e. The van der Waals surface area contributed by atoms with E-state index in [1.165, 1.54) is 11.1 Å². The average molecular weight is 384 g/mol. The molecule has 0 aliphatic heterocycles. The first kappa shape index (κ1) is 14.8. The van der Waals surface area contributed by atoms with E-state index in [2.05, 4.69) is 44.0 Å². The quantitative estimate of drug-likeness (QED) is 0.799.